The number of benzene rings is 1. The molecule has 2 saturated heterocycles. The molecular weight excluding hydrogens is 515 g/mol. The lowest BCUT2D eigenvalue weighted by Crippen LogP contribution is -2.54. The van der Waals surface area contributed by atoms with Crippen LogP contribution >= 0.6 is 24.0 Å². The van der Waals surface area contributed by atoms with Gasteiger partial charge in [0.15, 0.2) is 5.96 Å². The Morgan fingerprint density at radius 1 is 1.03 bits per heavy atom. The molecule has 1 aromatic rings. The number of halogens is 1. The molecule has 1 aromatic carbocycles. The molecule has 7 nitrogen and oxygen atoms in total. The molecule has 0 radical (unpaired) electrons. The van der Waals surface area contributed by atoms with Crippen molar-refractivity contribution in [2.24, 2.45) is 4.99 Å². The molecule has 2 aliphatic heterocycles. The van der Waals surface area contributed by atoms with Crippen molar-refractivity contribution in [2.45, 2.75) is 65.0 Å². The van der Waals surface area contributed by atoms with Gasteiger partial charge in [0.25, 0.3) is 0 Å². The number of likely N-dealkylation sites (tertiary alicyclic amines) is 2. The van der Waals surface area contributed by atoms with Gasteiger partial charge >= 0.3 is 6.03 Å². The number of anilines is 1. The second kappa shape index (κ2) is 13.2. The summed E-state index contributed by atoms with van der Waals surface area (Å²) < 4.78 is 0. The molecule has 2 aliphatic rings. The van der Waals surface area contributed by atoms with Crippen molar-refractivity contribution < 1.29 is 4.79 Å². The fourth-order valence-electron chi connectivity index (χ4n) is 4.29. The number of nitrogens with one attached hydrogen (secondary N) is 3. The molecule has 2 fully saturated rings. The first-order valence-corrected chi connectivity index (χ1v) is 11.9. The number of hydrogen-bond donors (Lipinski definition) is 3. The number of amides is 2. The Kier molecular flexibility index (Phi) is 11.0. The van der Waals surface area contributed by atoms with Crippen LogP contribution in [0.4, 0.5) is 10.5 Å². The lowest BCUT2D eigenvalue weighted by atomic mass is 9.98. The molecule has 0 aliphatic carbocycles. The van der Waals surface area contributed by atoms with Crippen LogP contribution in [-0.2, 0) is 6.54 Å². The molecule has 3 N–H and O–H groups in total. The number of urea groups is 1. The van der Waals surface area contributed by atoms with E-state index in [1.54, 1.807) is 0 Å². The summed E-state index contributed by atoms with van der Waals surface area (Å²) in [7, 11) is 0. The summed E-state index contributed by atoms with van der Waals surface area (Å²) in [5.74, 6) is 0.832. The highest BCUT2D eigenvalue weighted by atomic mass is 127. The highest BCUT2D eigenvalue weighted by molar-refractivity contribution is 14.0. The van der Waals surface area contributed by atoms with E-state index in [4.69, 9.17) is 4.99 Å². The van der Waals surface area contributed by atoms with Crippen molar-refractivity contribution in [3.8, 4) is 0 Å². The summed E-state index contributed by atoms with van der Waals surface area (Å²) in [5, 5.41) is 9.91. The van der Waals surface area contributed by atoms with Gasteiger partial charge in [0.05, 0.1) is 6.54 Å². The summed E-state index contributed by atoms with van der Waals surface area (Å²) in [6.45, 7) is 13.0. The molecule has 32 heavy (non-hydrogen) atoms. The predicted molar refractivity (Wildman–Crippen MR) is 144 cm³/mol. The fraction of sp³-hybridized carbons (Fsp3) is 0.667. The van der Waals surface area contributed by atoms with Crippen molar-refractivity contribution >= 4 is 41.7 Å². The minimum Gasteiger partial charge on any atom is -0.357 e. The Morgan fingerprint density at radius 3 is 2.41 bits per heavy atom. The van der Waals surface area contributed by atoms with Gasteiger partial charge in [-0.2, -0.15) is 0 Å². The van der Waals surface area contributed by atoms with Crippen molar-refractivity contribution in [1.29, 1.82) is 0 Å². The Bertz CT molecular complexity index is 742. The van der Waals surface area contributed by atoms with Crippen LogP contribution < -0.4 is 16.0 Å². The Labute approximate surface area is 210 Å². The second-order valence-corrected chi connectivity index (χ2v) is 9.23. The quantitative estimate of drug-likeness (QED) is 0.267. The summed E-state index contributed by atoms with van der Waals surface area (Å²) in [6.07, 6.45) is 6.12. The van der Waals surface area contributed by atoms with Crippen LogP contribution in [-0.4, -0.2) is 66.6 Å². The summed E-state index contributed by atoms with van der Waals surface area (Å²) >= 11 is 0. The lowest BCUT2D eigenvalue weighted by Gasteiger charge is -2.41. The molecule has 180 valence electrons. The maximum Gasteiger partial charge on any atom is 0.321 e. The maximum atomic E-state index is 12.4. The molecule has 3 rings (SSSR count). The van der Waals surface area contributed by atoms with E-state index in [2.05, 4.69) is 47.7 Å². The van der Waals surface area contributed by atoms with Crippen LogP contribution in [0.3, 0.4) is 0 Å². The van der Waals surface area contributed by atoms with Crippen LogP contribution in [0.5, 0.6) is 0 Å². The van der Waals surface area contributed by atoms with Crippen LogP contribution in [0.15, 0.2) is 29.3 Å². The smallest absolute Gasteiger partial charge is 0.321 e. The van der Waals surface area contributed by atoms with Gasteiger partial charge in [0.2, 0.25) is 0 Å². The number of aliphatic imine (C=N–C) groups is 1. The first-order valence-electron chi connectivity index (χ1n) is 11.9. The largest absolute Gasteiger partial charge is 0.357 e. The summed E-state index contributed by atoms with van der Waals surface area (Å²) in [5.41, 5.74) is 2.00. The zero-order chi connectivity index (χ0) is 22.1. The van der Waals surface area contributed by atoms with Crippen LogP contribution in [0.25, 0.3) is 0 Å². The van der Waals surface area contributed by atoms with Crippen LogP contribution in [0, 0.1) is 0 Å². The Hall–Kier alpha value is -1.55. The third-order valence-corrected chi connectivity index (χ3v) is 6.24. The predicted octanol–water partition coefficient (Wildman–Crippen LogP) is 4.25. The van der Waals surface area contributed by atoms with Gasteiger partial charge in [-0.25, -0.2) is 9.79 Å². The molecule has 2 heterocycles. The van der Waals surface area contributed by atoms with Gasteiger partial charge in [-0.15, -0.1) is 24.0 Å². The van der Waals surface area contributed by atoms with Gasteiger partial charge in [-0.3, -0.25) is 4.90 Å². The number of nitrogens with zero attached hydrogens (tertiary/aromatic N) is 3. The van der Waals surface area contributed by atoms with E-state index in [9.17, 15) is 4.79 Å². The summed E-state index contributed by atoms with van der Waals surface area (Å²) in [4.78, 5) is 21.6. The van der Waals surface area contributed by atoms with Crippen LogP contribution in [0.2, 0.25) is 0 Å². The van der Waals surface area contributed by atoms with Gasteiger partial charge in [-0.05, 0) is 77.2 Å². The van der Waals surface area contributed by atoms with Gasteiger partial charge in [0.1, 0.15) is 0 Å². The minimum absolute atomic E-state index is 0. The van der Waals surface area contributed by atoms with E-state index in [1.165, 1.54) is 32.4 Å². The number of guanidine groups is 1. The minimum atomic E-state index is -0.00639. The van der Waals surface area contributed by atoms with E-state index in [1.807, 2.05) is 23.1 Å². The normalized spacial score (nSPS) is 17.6. The van der Waals surface area contributed by atoms with Crippen molar-refractivity contribution in [2.75, 3.05) is 44.6 Å². The molecule has 0 aromatic heterocycles. The van der Waals surface area contributed by atoms with E-state index in [0.717, 1.165) is 56.2 Å². The molecule has 0 unspecified atom stereocenters. The lowest BCUT2D eigenvalue weighted by molar-refractivity contribution is 0.0982. The SMILES string of the molecule is CCNC(=NCc1cccc(NC(=O)N2CCCC2)c1)NCC(C)(C)N1CCCCC1.I. The van der Waals surface area contributed by atoms with Crippen molar-refractivity contribution in [3.05, 3.63) is 29.8 Å². The first-order chi connectivity index (χ1) is 15.0. The summed E-state index contributed by atoms with van der Waals surface area (Å²) in [6, 6.07) is 7.97. The number of rotatable bonds is 7. The molecule has 0 atom stereocenters. The number of carbonyl (C=O) groups excluding carboxylic acids is 1. The van der Waals surface area contributed by atoms with E-state index < -0.39 is 0 Å². The van der Waals surface area contributed by atoms with Gasteiger partial charge in [0, 0.05) is 37.4 Å². The van der Waals surface area contributed by atoms with E-state index in [-0.39, 0.29) is 35.5 Å². The molecule has 0 bridgehead atoms. The van der Waals surface area contributed by atoms with Crippen molar-refractivity contribution in [1.82, 2.24) is 20.4 Å². The molecule has 2 amide bonds. The highest BCUT2D eigenvalue weighted by Crippen LogP contribution is 2.20. The molecule has 0 saturated carbocycles. The number of carbonyl (C=O) groups is 1. The second-order valence-electron chi connectivity index (χ2n) is 9.23. The Morgan fingerprint density at radius 2 is 1.72 bits per heavy atom. The fourth-order valence-corrected chi connectivity index (χ4v) is 4.29. The first kappa shape index (κ1) is 26.7. The number of piperidine rings is 1. The third kappa shape index (κ3) is 8.10. The average molecular weight is 557 g/mol. The maximum absolute atomic E-state index is 12.4. The standard InChI is InChI=1S/C24H40N6O.HI/c1-4-25-22(27-19-24(2,3)30-15-6-5-7-16-30)26-18-20-11-10-12-21(17-20)28-23(31)29-13-8-9-14-29;/h10-12,17H,4-9,13-16,18-19H2,1-3H3,(H,28,31)(H2,25,26,27);1H. The zero-order valence-corrected chi connectivity index (χ0v) is 22.3. The number of hydrogen-bond acceptors (Lipinski definition) is 3. The Balaban J connectivity index is 0.00000363. The molecule has 0 spiro atoms. The van der Waals surface area contributed by atoms with Gasteiger partial charge in [-0.1, -0.05) is 18.6 Å². The van der Waals surface area contributed by atoms with E-state index >= 15 is 0 Å². The topological polar surface area (TPSA) is 72.0 Å². The average Bonchev–Trinajstić information content (AvgIpc) is 3.32. The monoisotopic (exact) mass is 556 g/mol. The van der Waals surface area contributed by atoms with Crippen molar-refractivity contribution in [3.63, 3.8) is 0 Å². The molecule has 8 heteroatoms. The van der Waals surface area contributed by atoms with Crippen LogP contribution in [0.1, 0.15) is 58.4 Å². The zero-order valence-electron chi connectivity index (χ0n) is 20.0. The highest BCUT2D eigenvalue weighted by Gasteiger charge is 2.27. The van der Waals surface area contributed by atoms with E-state index in [0.29, 0.717) is 6.54 Å². The van der Waals surface area contributed by atoms with Gasteiger partial charge < -0.3 is 20.9 Å². The molecular formula is C24H41IN6O. The third-order valence-electron chi connectivity index (χ3n) is 6.24.